The Kier molecular flexibility index (Phi) is 4.00. The van der Waals surface area contributed by atoms with Crippen LogP contribution in [0.3, 0.4) is 0 Å². The van der Waals surface area contributed by atoms with Gasteiger partial charge in [-0.3, -0.25) is 14.9 Å². The highest BCUT2D eigenvalue weighted by Gasteiger charge is 2.18. The first-order valence-electron chi connectivity index (χ1n) is 4.75. The summed E-state index contributed by atoms with van der Waals surface area (Å²) < 4.78 is 4.82. The number of benzene rings is 1. The molecule has 17 heavy (non-hydrogen) atoms. The van der Waals surface area contributed by atoms with E-state index in [9.17, 15) is 14.9 Å². The van der Waals surface area contributed by atoms with Crippen molar-refractivity contribution in [1.29, 1.82) is 0 Å². The zero-order valence-corrected chi connectivity index (χ0v) is 9.12. The minimum Gasteiger partial charge on any atom is -0.490 e. The van der Waals surface area contributed by atoms with Crippen LogP contribution in [0.2, 0.25) is 0 Å². The molecule has 3 N–H and O–H groups in total. The van der Waals surface area contributed by atoms with Gasteiger partial charge in [-0.05, 0) is 18.1 Å². The molecular formula is C10H12N2O5. The van der Waals surface area contributed by atoms with Crippen molar-refractivity contribution in [2.75, 3.05) is 7.11 Å². The number of carboxylic acid groups (broad SMARTS) is 1. The molecule has 0 saturated carbocycles. The molecule has 0 aliphatic carbocycles. The third-order valence-corrected chi connectivity index (χ3v) is 2.21. The van der Waals surface area contributed by atoms with E-state index in [2.05, 4.69) is 0 Å². The second-order valence-corrected chi connectivity index (χ2v) is 3.41. The fraction of sp³-hybridized carbons (Fsp3) is 0.300. The summed E-state index contributed by atoms with van der Waals surface area (Å²) in [5.74, 6) is -1.02. The molecule has 0 unspecified atom stereocenters. The van der Waals surface area contributed by atoms with E-state index in [1.165, 1.54) is 19.2 Å². The molecule has 0 bridgehead atoms. The van der Waals surface area contributed by atoms with Crippen LogP contribution in [-0.2, 0) is 11.2 Å². The van der Waals surface area contributed by atoms with Crippen LogP contribution in [0.25, 0.3) is 0 Å². The molecule has 1 rings (SSSR count). The van der Waals surface area contributed by atoms with Crippen molar-refractivity contribution in [3.63, 3.8) is 0 Å². The minimum absolute atomic E-state index is 0.0279. The van der Waals surface area contributed by atoms with Gasteiger partial charge in [0.05, 0.1) is 12.0 Å². The third kappa shape index (κ3) is 3.15. The van der Waals surface area contributed by atoms with Crippen LogP contribution >= 0.6 is 0 Å². The van der Waals surface area contributed by atoms with E-state index < -0.39 is 16.9 Å². The molecule has 0 saturated heterocycles. The molecule has 0 aromatic heterocycles. The van der Waals surface area contributed by atoms with Crippen molar-refractivity contribution < 1.29 is 19.6 Å². The number of carboxylic acids is 1. The monoisotopic (exact) mass is 240 g/mol. The van der Waals surface area contributed by atoms with Gasteiger partial charge in [0.1, 0.15) is 6.04 Å². The van der Waals surface area contributed by atoms with Gasteiger partial charge >= 0.3 is 11.7 Å². The van der Waals surface area contributed by atoms with Crippen LogP contribution in [0.4, 0.5) is 5.69 Å². The van der Waals surface area contributed by atoms with Crippen molar-refractivity contribution in [1.82, 2.24) is 0 Å². The number of carbonyl (C=O) groups is 1. The van der Waals surface area contributed by atoms with Gasteiger partial charge in [-0.1, -0.05) is 6.07 Å². The van der Waals surface area contributed by atoms with E-state index in [0.29, 0.717) is 5.56 Å². The molecule has 0 radical (unpaired) electrons. The average molecular weight is 240 g/mol. The second-order valence-electron chi connectivity index (χ2n) is 3.41. The SMILES string of the molecule is COc1ccc(C[C@H](N)C(=O)O)cc1[N+](=O)[O-]. The lowest BCUT2D eigenvalue weighted by atomic mass is 10.1. The molecule has 0 aliphatic rings. The van der Waals surface area contributed by atoms with Gasteiger partial charge in [-0.25, -0.2) is 0 Å². The Morgan fingerprint density at radius 3 is 2.76 bits per heavy atom. The molecule has 1 atom stereocenters. The summed E-state index contributed by atoms with van der Waals surface area (Å²) >= 11 is 0. The van der Waals surface area contributed by atoms with E-state index in [4.69, 9.17) is 15.6 Å². The van der Waals surface area contributed by atoms with Crippen LogP contribution in [0.15, 0.2) is 18.2 Å². The first-order chi connectivity index (χ1) is 7.95. The van der Waals surface area contributed by atoms with Crippen LogP contribution in [0, 0.1) is 10.1 Å². The first kappa shape index (κ1) is 12.9. The van der Waals surface area contributed by atoms with Crippen LogP contribution in [0.1, 0.15) is 5.56 Å². The molecule has 0 spiro atoms. The number of ether oxygens (including phenoxy) is 1. The number of hydrogen-bond donors (Lipinski definition) is 2. The third-order valence-electron chi connectivity index (χ3n) is 2.21. The van der Waals surface area contributed by atoms with Crippen molar-refractivity contribution in [2.45, 2.75) is 12.5 Å². The lowest BCUT2D eigenvalue weighted by Gasteiger charge is -2.07. The van der Waals surface area contributed by atoms with E-state index in [0.717, 1.165) is 0 Å². The smallest absolute Gasteiger partial charge is 0.320 e. The maximum Gasteiger partial charge on any atom is 0.320 e. The summed E-state index contributed by atoms with van der Waals surface area (Å²) in [4.78, 5) is 20.7. The Balaban J connectivity index is 3.00. The lowest BCUT2D eigenvalue weighted by molar-refractivity contribution is -0.385. The Hall–Kier alpha value is -2.15. The van der Waals surface area contributed by atoms with Crippen LogP contribution in [0.5, 0.6) is 5.75 Å². The summed E-state index contributed by atoms with van der Waals surface area (Å²) in [5.41, 5.74) is 5.62. The summed E-state index contributed by atoms with van der Waals surface area (Å²) in [6.07, 6.45) is 0.0279. The predicted octanol–water partition coefficient (Wildman–Crippen LogP) is 0.558. The van der Waals surface area contributed by atoms with Gasteiger partial charge < -0.3 is 15.6 Å². The fourth-order valence-electron chi connectivity index (χ4n) is 1.35. The number of aliphatic carboxylic acids is 1. The highest BCUT2D eigenvalue weighted by Crippen LogP contribution is 2.27. The molecule has 0 amide bonds. The van der Waals surface area contributed by atoms with Gasteiger partial charge in [-0.2, -0.15) is 0 Å². The summed E-state index contributed by atoms with van der Waals surface area (Å²) in [6, 6.07) is 3.15. The molecular weight excluding hydrogens is 228 g/mol. The maximum atomic E-state index is 10.7. The van der Waals surface area contributed by atoms with Crippen molar-refractivity contribution in [2.24, 2.45) is 5.73 Å². The van der Waals surface area contributed by atoms with E-state index in [1.807, 2.05) is 0 Å². The summed E-state index contributed by atoms with van der Waals surface area (Å²) in [5, 5.41) is 19.4. The molecule has 7 nitrogen and oxygen atoms in total. The van der Waals surface area contributed by atoms with Gasteiger partial charge in [0.2, 0.25) is 0 Å². The quantitative estimate of drug-likeness (QED) is 0.573. The molecule has 0 fully saturated rings. The summed E-state index contributed by atoms with van der Waals surface area (Å²) in [7, 11) is 1.32. The van der Waals surface area contributed by atoms with Crippen LogP contribution in [-0.4, -0.2) is 29.2 Å². The summed E-state index contributed by atoms with van der Waals surface area (Å²) in [6.45, 7) is 0. The zero-order valence-electron chi connectivity index (χ0n) is 9.12. The topological polar surface area (TPSA) is 116 Å². The molecule has 0 aliphatic heterocycles. The largest absolute Gasteiger partial charge is 0.490 e. The predicted molar refractivity (Wildman–Crippen MR) is 59.0 cm³/mol. The van der Waals surface area contributed by atoms with Crippen molar-refractivity contribution in [3.05, 3.63) is 33.9 Å². The van der Waals surface area contributed by atoms with Crippen molar-refractivity contribution in [3.8, 4) is 5.75 Å². The van der Waals surface area contributed by atoms with Gasteiger partial charge in [0, 0.05) is 6.07 Å². The number of nitro groups is 1. The number of nitro benzene ring substituents is 1. The Bertz CT molecular complexity index is 446. The first-order valence-corrected chi connectivity index (χ1v) is 4.75. The zero-order chi connectivity index (χ0) is 13.0. The van der Waals surface area contributed by atoms with E-state index in [1.54, 1.807) is 6.07 Å². The average Bonchev–Trinajstić information content (AvgIpc) is 2.28. The number of hydrogen-bond acceptors (Lipinski definition) is 5. The van der Waals surface area contributed by atoms with Crippen LogP contribution < -0.4 is 10.5 Å². The van der Waals surface area contributed by atoms with Gasteiger partial charge in [0.15, 0.2) is 5.75 Å². The number of nitrogens with two attached hydrogens (primary N) is 1. The molecule has 0 heterocycles. The standard InChI is InChI=1S/C10H12N2O5/c1-17-9-3-2-6(4-7(11)10(13)14)5-8(9)12(15)16/h2-3,5,7H,4,11H2,1H3,(H,13,14)/t7-/m0/s1. The van der Waals surface area contributed by atoms with Gasteiger partial charge in [0.25, 0.3) is 0 Å². The van der Waals surface area contributed by atoms with Crippen molar-refractivity contribution >= 4 is 11.7 Å². The normalized spacial score (nSPS) is 11.9. The lowest BCUT2D eigenvalue weighted by Crippen LogP contribution is -2.32. The Morgan fingerprint density at radius 1 is 1.65 bits per heavy atom. The van der Waals surface area contributed by atoms with E-state index >= 15 is 0 Å². The maximum absolute atomic E-state index is 10.7. The number of rotatable bonds is 5. The minimum atomic E-state index is -1.15. The molecule has 1 aromatic rings. The second kappa shape index (κ2) is 5.26. The Labute approximate surface area is 97.0 Å². The Morgan fingerprint density at radius 2 is 2.29 bits per heavy atom. The van der Waals surface area contributed by atoms with E-state index in [-0.39, 0.29) is 17.9 Å². The fourth-order valence-corrected chi connectivity index (χ4v) is 1.35. The molecule has 92 valence electrons. The number of methoxy groups -OCH3 is 1. The highest BCUT2D eigenvalue weighted by molar-refractivity contribution is 5.73. The molecule has 7 heteroatoms. The number of nitrogens with zero attached hydrogens (tertiary/aromatic N) is 1. The van der Waals surface area contributed by atoms with Gasteiger partial charge in [-0.15, -0.1) is 0 Å². The molecule has 1 aromatic carbocycles. The highest BCUT2D eigenvalue weighted by atomic mass is 16.6.